The smallest absolute Gasteiger partial charge is 0.0948 e. The lowest BCUT2D eigenvalue weighted by Gasteiger charge is -2.20. The van der Waals surface area contributed by atoms with Gasteiger partial charge in [-0.05, 0) is 5.41 Å². The van der Waals surface area contributed by atoms with Crippen molar-refractivity contribution in [3.63, 3.8) is 0 Å². The zero-order valence-electron chi connectivity index (χ0n) is 10.8. The second-order valence-corrected chi connectivity index (χ2v) is 5.24. The lowest BCUT2D eigenvalue weighted by atomic mass is 9.97. The largest absolute Gasteiger partial charge is 0.383 e. The van der Waals surface area contributed by atoms with Crippen LogP contribution in [0.15, 0.2) is 12.5 Å². The molecular formula is C12H23N3O. The molecule has 1 aromatic heterocycles. The number of methoxy groups -OCH3 is 1. The van der Waals surface area contributed by atoms with Gasteiger partial charge in [-0.1, -0.05) is 20.8 Å². The molecule has 1 aromatic rings. The van der Waals surface area contributed by atoms with Gasteiger partial charge in [-0.15, -0.1) is 0 Å². The molecule has 0 amide bonds. The minimum Gasteiger partial charge on any atom is -0.383 e. The highest BCUT2D eigenvalue weighted by atomic mass is 16.5. The van der Waals surface area contributed by atoms with Gasteiger partial charge >= 0.3 is 0 Å². The van der Waals surface area contributed by atoms with E-state index in [1.807, 2.05) is 12.5 Å². The Balaban J connectivity index is 2.44. The lowest BCUT2D eigenvalue weighted by Crippen LogP contribution is -2.22. The van der Waals surface area contributed by atoms with E-state index in [0.717, 1.165) is 26.2 Å². The van der Waals surface area contributed by atoms with Crippen molar-refractivity contribution in [1.82, 2.24) is 14.9 Å². The van der Waals surface area contributed by atoms with Gasteiger partial charge < -0.3 is 14.6 Å². The van der Waals surface area contributed by atoms with Crippen LogP contribution in [0.3, 0.4) is 0 Å². The molecule has 0 spiro atoms. The van der Waals surface area contributed by atoms with Crippen molar-refractivity contribution >= 4 is 0 Å². The fourth-order valence-corrected chi connectivity index (χ4v) is 1.54. The summed E-state index contributed by atoms with van der Waals surface area (Å²) in [5, 5.41) is 3.33. The zero-order valence-corrected chi connectivity index (χ0v) is 10.8. The maximum absolute atomic E-state index is 4.99. The van der Waals surface area contributed by atoms with Gasteiger partial charge in [0.1, 0.15) is 0 Å². The normalized spacial score (nSPS) is 12.0. The van der Waals surface area contributed by atoms with Gasteiger partial charge in [0.05, 0.1) is 18.6 Å². The van der Waals surface area contributed by atoms with E-state index in [9.17, 15) is 0 Å². The number of hydrogen-bond acceptors (Lipinski definition) is 3. The van der Waals surface area contributed by atoms with Gasteiger partial charge in [-0.3, -0.25) is 0 Å². The molecule has 0 aliphatic rings. The van der Waals surface area contributed by atoms with Crippen molar-refractivity contribution in [2.75, 3.05) is 20.3 Å². The molecule has 0 aromatic carbocycles. The maximum Gasteiger partial charge on any atom is 0.0948 e. The van der Waals surface area contributed by atoms with E-state index in [2.05, 4.69) is 35.6 Å². The number of nitrogens with zero attached hydrogens (tertiary/aromatic N) is 2. The number of nitrogens with one attached hydrogen (secondary N) is 1. The SMILES string of the molecule is COCCNCc1cncn1CC(C)(C)C. The number of rotatable bonds is 6. The van der Waals surface area contributed by atoms with Crippen LogP contribution in [0.2, 0.25) is 0 Å². The Morgan fingerprint density at radius 3 is 2.81 bits per heavy atom. The molecule has 0 aliphatic heterocycles. The molecular weight excluding hydrogens is 202 g/mol. The summed E-state index contributed by atoms with van der Waals surface area (Å²) >= 11 is 0. The van der Waals surface area contributed by atoms with Gasteiger partial charge in [0, 0.05) is 32.9 Å². The van der Waals surface area contributed by atoms with Crippen LogP contribution >= 0.6 is 0 Å². The second-order valence-electron chi connectivity index (χ2n) is 5.24. The van der Waals surface area contributed by atoms with Crippen LogP contribution in [0.4, 0.5) is 0 Å². The third-order valence-corrected chi connectivity index (χ3v) is 2.23. The van der Waals surface area contributed by atoms with E-state index >= 15 is 0 Å². The molecule has 92 valence electrons. The minimum absolute atomic E-state index is 0.280. The maximum atomic E-state index is 4.99. The summed E-state index contributed by atoms with van der Waals surface area (Å²) in [6.07, 6.45) is 3.82. The molecule has 1 rings (SSSR count). The average Bonchev–Trinajstić information content (AvgIpc) is 2.58. The molecule has 0 saturated heterocycles. The van der Waals surface area contributed by atoms with E-state index in [4.69, 9.17) is 4.74 Å². The fourth-order valence-electron chi connectivity index (χ4n) is 1.54. The second kappa shape index (κ2) is 6.01. The molecule has 0 saturated carbocycles. The third-order valence-electron chi connectivity index (χ3n) is 2.23. The summed E-state index contributed by atoms with van der Waals surface area (Å²) < 4.78 is 7.20. The Bertz CT molecular complexity index is 301. The Morgan fingerprint density at radius 1 is 1.44 bits per heavy atom. The topological polar surface area (TPSA) is 39.1 Å². The van der Waals surface area contributed by atoms with Crippen LogP contribution in [-0.2, 0) is 17.8 Å². The molecule has 16 heavy (non-hydrogen) atoms. The fraction of sp³-hybridized carbons (Fsp3) is 0.750. The minimum atomic E-state index is 0.280. The summed E-state index contributed by atoms with van der Waals surface area (Å²) in [7, 11) is 1.71. The van der Waals surface area contributed by atoms with Gasteiger partial charge in [-0.2, -0.15) is 0 Å². The quantitative estimate of drug-likeness (QED) is 0.748. The first-order chi connectivity index (χ1) is 7.53. The average molecular weight is 225 g/mol. The van der Waals surface area contributed by atoms with E-state index in [1.54, 1.807) is 7.11 Å². The summed E-state index contributed by atoms with van der Waals surface area (Å²) in [5.74, 6) is 0. The van der Waals surface area contributed by atoms with E-state index < -0.39 is 0 Å². The molecule has 1 N–H and O–H groups in total. The van der Waals surface area contributed by atoms with Crippen LogP contribution < -0.4 is 5.32 Å². The van der Waals surface area contributed by atoms with E-state index in [1.165, 1.54) is 5.69 Å². The van der Waals surface area contributed by atoms with Gasteiger partial charge in [0.2, 0.25) is 0 Å². The Hall–Kier alpha value is -0.870. The van der Waals surface area contributed by atoms with Crippen LogP contribution in [-0.4, -0.2) is 29.8 Å². The molecule has 0 bridgehead atoms. The van der Waals surface area contributed by atoms with E-state index in [-0.39, 0.29) is 5.41 Å². The number of hydrogen-bond donors (Lipinski definition) is 1. The van der Waals surface area contributed by atoms with Crippen molar-refractivity contribution in [2.45, 2.75) is 33.9 Å². The highest BCUT2D eigenvalue weighted by molar-refractivity contribution is 4.98. The van der Waals surface area contributed by atoms with Crippen molar-refractivity contribution in [1.29, 1.82) is 0 Å². The predicted octanol–water partition coefficient (Wildman–Crippen LogP) is 1.67. The molecule has 0 unspecified atom stereocenters. The van der Waals surface area contributed by atoms with Gasteiger partial charge in [0.25, 0.3) is 0 Å². The van der Waals surface area contributed by atoms with Crippen LogP contribution in [0.1, 0.15) is 26.5 Å². The Morgan fingerprint density at radius 2 is 2.19 bits per heavy atom. The molecule has 0 aliphatic carbocycles. The zero-order chi connectivity index (χ0) is 12.0. The van der Waals surface area contributed by atoms with Crippen molar-refractivity contribution in [2.24, 2.45) is 5.41 Å². The predicted molar refractivity (Wildman–Crippen MR) is 65.3 cm³/mol. The van der Waals surface area contributed by atoms with Crippen molar-refractivity contribution < 1.29 is 4.74 Å². The molecule has 4 nitrogen and oxygen atoms in total. The summed E-state index contributed by atoms with van der Waals surface area (Å²) in [5.41, 5.74) is 1.51. The first-order valence-corrected chi connectivity index (χ1v) is 5.71. The molecule has 0 fully saturated rings. The first-order valence-electron chi connectivity index (χ1n) is 5.71. The highest BCUT2D eigenvalue weighted by Crippen LogP contribution is 2.17. The van der Waals surface area contributed by atoms with E-state index in [0.29, 0.717) is 0 Å². The van der Waals surface area contributed by atoms with Crippen LogP contribution in [0, 0.1) is 5.41 Å². The number of imidazole rings is 1. The van der Waals surface area contributed by atoms with Crippen molar-refractivity contribution in [3.05, 3.63) is 18.2 Å². The van der Waals surface area contributed by atoms with Gasteiger partial charge in [0.15, 0.2) is 0 Å². The third kappa shape index (κ3) is 4.77. The van der Waals surface area contributed by atoms with Crippen LogP contribution in [0.25, 0.3) is 0 Å². The highest BCUT2D eigenvalue weighted by Gasteiger charge is 2.12. The summed E-state index contributed by atoms with van der Waals surface area (Å²) in [6, 6.07) is 0. The Labute approximate surface area is 98.0 Å². The molecule has 1 heterocycles. The van der Waals surface area contributed by atoms with Crippen molar-refractivity contribution in [3.8, 4) is 0 Å². The summed E-state index contributed by atoms with van der Waals surface area (Å²) in [6.45, 7) is 10.2. The molecule has 0 atom stereocenters. The first kappa shape index (κ1) is 13.2. The molecule has 4 heteroatoms. The lowest BCUT2D eigenvalue weighted by molar-refractivity contribution is 0.198. The standard InChI is InChI=1S/C12H23N3O/c1-12(2,3)9-15-10-14-8-11(15)7-13-5-6-16-4/h8,10,13H,5-7,9H2,1-4H3. The monoisotopic (exact) mass is 225 g/mol. The van der Waals surface area contributed by atoms with Gasteiger partial charge in [-0.25, -0.2) is 4.98 Å². The number of aromatic nitrogens is 2. The Kier molecular flexibility index (Phi) is 4.96. The summed E-state index contributed by atoms with van der Waals surface area (Å²) in [4.78, 5) is 4.20. The van der Waals surface area contributed by atoms with Crippen LogP contribution in [0.5, 0.6) is 0 Å². The molecule has 0 radical (unpaired) electrons. The number of ether oxygens (including phenoxy) is 1.